The Morgan fingerprint density at radius 1 is 0.826 bits per heavy atom. The number of fused-ring (bicyclic) bond motifs is 1. The lowest BCUT2D eigenvalue weighted by atomic mass is 9.99. The van der Waals surface area contributed by atoms with Crippen LogP contribution in [-0.2, 0) is 0 Å². The second kappa shape index (κ2) is 10.3. The Kier molecular flexibility index (Phi) is 8.04. The molecule has 0 amide bonds. The molecule has 126 valence electrons. The average Bonchev–Trinajstić information content (AvgIpc) is 2.59. The van der Waals surface area contributed by atoms with Gasteiger partial charge in [-0.05, 0) is 61.8 Å². The molecule has 0 aliphatic carbocycles. The second-order valence-corrected chi connectivity index (χ2v) is 5.98. The minimum Gasteiger partial charge on any atom is -0.330 e. The highest BCUT2D eigenvalue weighted by Crippen LogP contribution is 2.22. The second-order valence-electron chi connectivity index (χ2n) is 5.98. The average molecular weight is 314 g/mol. The fourth-order valence-corrected chi connectivity index (χ4v) is 2.79. The van der Waals surface area contributed by atoms with Crippen molar-refractivity contribution in [1.29, 1.82) is 0 Å². The van der Waals surface area contributed by atoms with Gasteiger partial charge in [-0.15, -0.1) is 0 Å². The van der Waals surface area contributed by atoms with E-state index in [0.717, 1.165) is 45.6 Å². The number of hydrogen-bond acceptors (Lipinski definition) is 4. The molecule has 0 saturated heterocycles. The molecule has 1 atom stereocenters. The lowest BCUT2D eigenvalue weighted by molar-refractivity contribution is 0.552. The Bertz CT molecular complexity index is 565. The van der Waals surface area contributed by atoms with Crippen molar-refractivity contribution in [3.63, 3.8) is 0 Å². The van der Waals surface area contributed by atoms with Crippen molar-refractivity contribution in [2.24, 2.45) is 11.5 Å². The van der Waals surface area contributed by atoms with Gasteiger partial charge in [0, 0.05) is 12.6 Å². The van der Waals surface area contributed by atoms with E-state index in [4.69, 9.17) is 11.5 Å². The summed E-state index contributed by atoms with van der Waals surface area (Å²) in [5, 5.41) is 9.39. The van der Waals surface area contributed by atoms with Gasteiger partial charge >= 0.3 is 0 Å². The monoisotopic (exact) mass is 314 g/mol. The molecule has 0 spiro atoms. The third-order valence-electron chi connectivity index (χ3n) is 4.10. The molecule has 23 heavy (non-hydrogen) atoms. The summed E-state index contributed by atoms with van der Waals surface area (Å²) in [4.78, 5) is 0. The Morgan fingerprint density at radius 3 is 2.35 bits per heavy atom. The summed E-state index contributed by atoms with van der Waals surface area (Å²) in [6.45, 7) is 4.68. The molecule has 0 bridgehead atoms. The van der Waals surface area contributed by atoms with Crippen LogP contribution in [0.1, 0.15) is 30.9 Å². The molecule has 0 fully saturated rings. The summed E-state index contributed by atoms with van der Waals surface area (Å²) < 4.78 is 0. The number of unbranched alkanes of at least 4 members (excludes halogenated alkanes) is 1. The molecule has 1 unspecified atom stereocenters. The number of rotatable bonds is 11. The third-order valence-corrected chi connectivity index (χ3v) is 4.10. The molecule has 0 saturated carbocycles. The van der Waals surface area contributed by atoms with Crippen LogP contribution in [-0.4, -0.2) is 32.7 Å². The van der Waals surface area contributed by atoms with Crippen LogP contribution in [0, 0.1) is 0 Å². The van der Waals surface area contributed by atoms with E-state index in [-0.39, 0.29) is 6.04 Å². The summed E-state index contributed by atoms with van der Waals surface area (Å²) in [7, 11) is 0. The smallest absolute Gasteiger partial charge is 0.0427 e. The minimum atomic E-state index is 0.0313. The van der Waals surface area contributed by atoms with Crippen LogP contribution in [0.4, 0.5) is 0 Å². The number of nitrogens with two attached hydrogens (primary N) is 2. The molecule has 0 heterocycles. The molecule has 2 aromatic carbocycles. The van der Waals surface area contributed by atoms with E-state index in [1.54, 1.807) is 0 Å². The molecule has 2 aromatic rings. The summed E-state index contributed by atoms with van der Waals surface area (Å²) in [6.07, 6.45) is 3.40. The van der Waals surface area contributed by atoms with Crippen molar-refractivity contribution in [1.82, 2.24) is 10.6 Å². The highest BCUT2D eigenvalue weighted by molar-refractivity contribution is 5.86. The van der Waals surface area contributed by atoms with Gasteiger partial charge in [0.05, 0.1) is 0 Å². The third kappa shape index (κ3) is 5.92. The van der Waals surface area contributed by atoms with Gasteiger partial charge in [0.15, 0.2) is 0 Å². The van der Waals surface area contributed by atoms with Gasteiger partial charge in [0.25, 0.3) is 0 Å². The fraction of sp³-hybridized carbons (Fsp3) is 0.474. The molecular weight excluding hydrogens is 284 g/mol. The van der Waals surface area contributed by atoms with E-state index in [0.29, 0.717) is 0 Å². The first kappa shape index (κ1) is 17.9. The van der Waals surface area contributed by atoms with E-state index >= 15 is 0 Å². The topological polar surface area (TPSA) is 76.1 Å². The van der Waals surface area contributed by atoms with Crippen LogP contribution >= 0.6 is 0 Å². The molecule has 0 aliphatic rings. The normalized spacial score (nSPS) is 12.6. The van der Waals surface area contributed by atoms with Crippen LogP contribution < -0.4 is 22.1 Å². The highest BCUT2D eigenvalue weighted by Gasteiger charge is 2.08. The van der Waals surface area contributed by atoms with E-state index in [1.165, 1.54) is 22.8 Å². The molecule has 0 radical (unpaired) electrons. The zero-order valence-corrected chi connectivity index (χ0v) is 13.9. The molecule has 4 nitrogen and oxygen atoms in total. The maximum Gasteiger partial charge on any atom is 0.0427 e. The summed E-state index contributed by atoms with van der Waals surface area (Å²) in [6, 6.07) is 14.8. The molecule has 4 heteroatoms. The molecule has 2 rings (SSSR count). The van der Waals surface area contributed by atoms with Crippen molar-refractivity contribution >= 4 is 10.8 Å². The van der Waals surface area contributed by atoms with Crippen molar-refractivity contribution in [3.05, 3.63) is 48.0 Å². The number of hydrogen-bond donors (Lipinski definition) is 4. The zero-order valence-electron chi connectivity index (χ0n) is 13.9. The van der Waals surface area contributed by atoms with E-state index in [1.807, 2.05) is 0 Å². The number of nitrogens with one attached hydrogen (secondary N) is 2. The Balaban J connectivity index is 1.68. The van der Waals surface area contributed by atoms with E-state index in [9.17, 15) is 0 Å². The van der Waals surface area contributed by atoms with Gasteiger partial charge < -0.3 is 22.1 Å². The minimum absolute atomic E-state index is 0.0313. The van der Waals surface area contributed by atoms with Gasteiger partial charge in [-0.25, -0.2) is 0 Å². The molecule has 0 aliphatic heterocycles. The summed E-state index contributed by atoms with van der Waals surface area (Å²) in [5.41, 5.74) is 13.0. The van der Waals surface area contributed by atoms with Crippen molar-refractivity contribution < 1.29 is 0 Å². The van der Waals surface area contributed by atoms with Crippen molar-refractivity contribution in [3.8, 4) is 0 Å². The summed E-state index contributed by atoms with van der Waals surface area (Å²) in [5.74, 6) is 0. The van der Waals surface area contributed by atoms with Crippen LogP contribution in [0.15, 0.2) is 42.5 Å². The number of benzene rings is 2. The lowest BCUT2D eigenvalue weighted by Crippen LogP contribution is -2.28. The Morgan fingerprint density at radius 2 is 1.52 bits per heavy atom. The van der Waals surface area contributed by atoms with Crippen LogP contribution in [0.2, 0.25) is 0 Å². The molecular formula is C19H30N4. The lowest BCUT2D eigenvalue weighted by Gasteiger charge is -2.15. The van der Waals surface area contributed by atoms with Gasteiger partial charge in [-0.3, -0.25) is 0 Å². The Hall–Kier alpha value is -1.46. The van der Waals surface area contributed by atoms with Crippen LogP contribution in [0.5, 0.6) is 0 Å². The predicted octanol–water partition coefficient (Wildman–Crippen LogP) is 2.15. The van der Waals surface area contributed by atoms with E-state index in [2.05, 4.69) is 53.1 Å². The van der Waals surface area contributed by atoms with Gasteiger partial charge in [0.1, 0.15) is 0 Å². The Labute approximate surface area is 139 Å². The SMILES string of the molecule is NCCCNCCCCNCC(N)c1cccc2ccccc12. The predicted molar refractivity (Wildman–Crippen MR) is 99.5 cm³/mol. The first-order valence-corrected chi connectivity index (χ1v) is 8.67. The fourth-order valence-electron chi connectivity index (χ4n) is 2.79. The van der Waals surface area contributed by atoms with Gasteiger partial charge in [-0.2, -0.15) is 0 Å². The maximum absolute atomic E-state index is 6.37. The first-order chi connectivity index (χ1) is 11.3. The molecule has 6 N–H and O–H groups in total. The summed E-state index contributed by atoms with van der Waals surface area (Å²) >= 11 is 0. The standard InChI is InChI=1S/C19H30N4/c20-11-6-14-22-12-3-4-13-23-15-19(21)18-10-5-8-16-7-1-2-9-17(16)18/h1-2,5,7-10,19,22-23H,3-4,6,11-15,20-21H2. The van der Waals surface area contributed by atoms with E-state index < -0.39 is 0 Å². The first-order valence-electron chi connectivity index (χ1n) is 8.67. The van der Waals surface area contributed by atoms with Crippen molar-refractivity contribution in [2.45, 2.75) is 25.3 Å². The van der Waals surface area contributed by atoms with Gasteiger partial charge in [-0.1, -0.05) is 42.5 Å². The van der Waals surface area contributed by atoms with Crippen LogP contribution in [0.25, 0.3) is 10.8 Å². The van der Waals surface area contributed by atoms with Crippen LogP contribution in [0.3, 0.4) is 0 Å². The maximum atomic E-state index is 6.37. The zero-order chi connectivity index (χ0) is 16.3. The van der Waals surface area contributed by atoms with Gasteiger partial charge in [0.2, 0.25) is 0 Å². The quantitative estimate of drug-likeness (QED) is 0.479. The van der Waals surface area contributed by atoms with Crippen molar-refractivity contribution in [2.75, 3.05) is 32.7 Å². The highest BCUT2D eigenvalue weighted by atomic mass is 14.9. The molecule has 0 aromatic heterocycles. The largest absolute Gasteiger partial charge is 0.330 e.